The van der Waals surface area contributed by atoms with Gasteiger partial charge in [0.2, 0.25) is 5.95 Å². The van der Waals surface area contributed by atoms with Crippen molar-refractivity contribution >= 4 is 17.6 Å². The van der Waals surface area contributed by atoms with E-state index in [1.54, 1.807) is 6.20 Å². The van der Waals surface area contributed by atoms with E-state index >= 15 is 0 Å². The van der Waals surface area contributed by atoms with Crippen LogP contribution in [0, 0.1) is 0 Å². The van der Waals surface area contributed by atoms with Crippen LogP contribution in [-0.2, 0) is 11.2 Å². The van der Waals surface area contributed by atoms with E-state index in [9.17, 15) is 0 Å². The fraction of sp³-hybridized carbons (Fsp3) is 0.381. The zero-order valence-electron chi connectivity index (χ0n) is 16.6. The smallest absolute Gasteiger partial charge is 0.227 e. The summed E-state index contributed by atoms with van der Waals surface area (Å²) in [6, 6.07) is 10.1. The molecule has 8 nitrogen and oxygen atoms in total. The Kier molecular flexibility index (Phi) is 4.55. The van der Waals surface area contributed by atoms with Crippen molar-refractivity contribution in [1.29, 1.82) is 0 Å². The molecular formula is C21H24N6O2. The van der Waals surface area contributed by atoms with E-state index in [0.29, 0.717) is 17.6 Å². The zero-order valence-corrected chi connectivity index (χ0v) is 16.6. The third kappa shape index (κ3) is 3.75. The summed E-state index contributed by atoms with van der Waals surface area (Å²) in [7, 11) is 0. The van der Waals surface area contributed by atoms with Gasteiger partial charge in [0.05, 0.1) is 24.5 Å². The van der Waals surface area contributed by atoms with Gasteiger partial charge in [0, 0.05) is 37.3 Å². The average Bonchev–Trinajstić information content (AvgIpc) is 3.36. The molecule has 0 unspecified atom stereocenters. The first kappa shape index (κ1) is 17.9. The highest BCUT2D eigenvalue weighted by Gasteiger charge is 2.24. The van der Waals surface area contributed by atoms with Crippen molar-refractivity contribution in [3.63, 3.8) is 0 Å². The van der Waals surface area contributed by atoms with Crippen molar-refractivity contribution in [3.8, 4) is 17.0 Å². The van der Waals surface area contributed by atoms with Crippen molar-refractivity contribution in [2.45, 2.75) is 32.5 Å². The van der Waals surface area contributed by atoms with Gasteiger partial charge >= 0.3 is 0 Å². The second kappa shape index (κ2) is 7.36. The molecule has 1 fully saturated rings. The van der Waals surface area contributed by atoms with Crippen molar-refractivity contribution in [1.82, 2.24) is 20.2 Å². The Balaban J connectivity index is 1.32. The SMILES string of the molecule is C[C@@H]1CN(c2nccc(Nc3cc(-c4ccc5c(c4)CCO5)[nH]n3)n2)C[C@H](C)O1. The Morgan fingerprint density at radius 1 is 1.10 bits per heavy atom. The first-order chi connectivity index (χ1) is 14.1. The normalized spacial score (nSPS) is 21.0. The first-order valence-corrected chi connectivity index (χ1v) is 9.96. The molecule has 0 radical (unpaired) electrons. The van der Waals surface area contributed by atoms with Crippen LogP contribution >= 0.6 is 0 Å². The van der Waals surface area contributed by atoms with E-state index < -0.39 is 0 Å². The summed E-state index contributed by atoms with van der Waals surface area (Å²) in [5.74, 6) is 3.10. The van der Waals surface area contributed by atoms with Crippen LogP contribution in [0.25, 0.3) is 11.3 Å². The number of hydrogen-bond acceptors (Lipinski definition) is 7. The molecule has 4 heterocycles. The number of nitrogens with zero attached hydrogens (tertiary/aromatic N) is 4. The molecule has 2 aromatic heterocycles. The predicted molar refractivity (Wildman–Crippen MR) is 111 cm³/mol. The van der Waals surface area contributed by atoms with Crippen molar-refractivity contribution in [2.75, 3.05) is 29.9 Å². The molecule has 2 aliphatic heterocycles. The molecule has 0 aliphatic carbocycles. The number of nitrogens with one attached hydrogen (secondary N) is 2. The lowest BCUT2D eigenvalue weighted by molar-refractivity contribution is -0.00571. The predicted octanol–water partition coefficient (Wildman–Crippen LogP) is 3.16. The van der Waals surface area contributed by atoms with Gasteiger partial charge in [-0.15, -0.1) is 0 Å². The quantitative estimate of drug-likeness (QED) is 0.705. The number of anilines is 3. The van der Waals surface area contributed by atoms with E-state index in [1.807, 2.05) is 24.3 Å². The van der Waals surface area contributed by atoms with Crippen LogP contribution < -0.4 is 15.0 Å². The molecule has 2 aliphatic rings. The van der Waals surface area contributed by atoms with Crippen molar-refractivity contribution in [2.24, 2.45) is 0 Å². The highest BCUT2D eigenvalue weighted by molar-refractivity contribution is 5.67. The van der Waals surface area contributed by atoms with Gasteiger partial charge in [0.25, 0.3) is 0 Å². The average molecular weight is 392 g/mol. The van der Waals surface area contributed by atoms with Gasteiger partial charge in [-0.3, -0.25) is 5.10 Å². The molecule has 1 aromatic carbocycles. The van der Waals surface area contributed by atoms with Gasteiger partial charge in [-0.25, -0.2) is 4.98 Å². The number of ether oxygens (including phenoxy) is 2. The van der Waals surface area contributed by atoms with Crippen LogP contribution in [0.15, 0.2) is 36.5 Å². The van der Waals surface area contributed by atoms with Gasteiger partial charge in [-0.1, -0.05) is 0 Å². The van der Waals surface area contributed by atoms with Crippen molar-refractivity contribution < 1.29 is 9.47 Å². The molecular weight excluding hydrogens is 368 g/mol. The number of rotatable bonds is 4. The summed E-state index contributed by atoms with van der Waals surface area (Å²) in [6.45, 7) is 6.46. The Morgan fingerprint density at radius 3 is 2.83 bits per heavy atom. The first-order valence-electron chi connectivity index (χ1n) is 9.96. The van der Waals surface area contributed by atoms with E-state index in [1.165, 1.54) is 5.56 Å². The molecule has 0 amide bonds. The molecule has 150 valence electrons. The molecule has 1 saturated heterocycles. The molecule has 3 aromatic rings. The summed E-state index contributed by atoms with van der Waals surface area (Å²) < 4.78 is 11.4. The lowest BCUT2D eigenvalue weighted by atomic mass is 10.1. The van der Waals surface area contributed by atoms with Crippen LogP contribution in [0.1, 0.15) is 19.4 Å². The third-order valence-electron chi connectivity index (χ3n) is 5.18. The van der Waals surface area contributed by atoms with Gasteiger partial charge in [0.15, 0.2) is 5.82 Å². The van der Waals surface area contributed by atoms with Gasteiger partial charge in [-0.2, -0.15) is 10.1 Å². The minimum Gasteiger partial charge on any atom is -0.493 e. The highest BCUT2D eigenvalue weighted by atomic mass is 16.5. The van der Waals surface area contributed by atoms with E-state index in [2.05, 4.69) is 50.3 Å². The molecule has 0 saturated carbocycles. The Labute approximate surface area is 169 Å². The number of H-pyrrole nitrogens is 1. The number of fused-ring (bicyclic) bond motifs is 1. The van der Waals surface area contributed by atoms with E-state index in [-0.39, 0.29) is 12.2 Å². The minimum absolute atomic E-state index is 0.158. The Morgan fingerprint density at radius 2 is 1.97 bits per heavy atom. The maximum atomic E-state index is 5.80. The molecule has 0 spiro atoms. The van der Waals surface area contributed by atoms with Crippen LogP contribution in [0.2, 0.25) is 0 Å². The lowest BCUT2D eigenvalue weighted by Gasteiger charge is -2.35. The molecule has 29 heavy (non-hydrogen) atoms. The maximum Gasteiger partial charge on any atom is 0.227 e. The molecule has 8 heteroatoms. The van der Waals surface area contributed by atoms with Crippen LogP contribution in [0.4, 0.5) is 17.6 Å². The number of benzene rings is 1. The number of hydrogen-bond donors (Lipinski definition) is 2. The topological polar surface area (TPSA) is 88.2 Å². The Bertz CT molecular complexity index is 1010. The van der Waals surface area contributed by atoms with Crippen LogP contribution in [-0.4, -0.2) is 52.1 Å². The summed E-state index contributed by atoms with van der Waals surface area (Å²) in [4.78, 5) is 11.3. The highest BCUT2D eigenvalue weighted by Crippen LogP contribution is 2.30. The van der Waals surface area contributed by atoms with Crippen LogP contribution in [0.5, 0.6) is 5.75 Å². The summed E-state index contributed by atoms with van der Waals surface area (Å²) in [5, 5.41) is 10.8. The molecule has 2 atom stereocenters. The minimum atomic E-state index is 0.158. The molecule has 2 N–H and O–H groups in total. The second-order valence-electron chi connectivity index (χ2n) is 7.62. The number of morpholine rings is 1. The second-order valence-corrected chi connectivity index (χ2v) is 7.62. The maximum absolute atomic E-state index is 5.80. The zero-order chi connectivity index (χ0) is 19.8. The summed E-state index contributed by atoms with van der Waals surface area (Å²) >= 11 is 0. The number of aromatic amines is 1. The Hall–Kier alpha value is -3.13. The molecule has 0 bridgehead atoms. The number of aromatic nitrogens is 4. The monoisotopic (exact) mass is 392 g/mol. The van der Waals surface area contributed by atoms with Crippen LogP contribution in [0.3, 0.4) is 0 Å². The lowest BCUT2D eigenvalue weighted by Crippen LogP contribution is -2.46. The molecule has 5 rings (SSSR count). The van der Waals surface area contributed by atoms with Gasteiger partial charge < -0.3 is 19.7 Å². The summed E-state index contributed by atoms with van der Waals surface area (Å²) in [5.41, 5.74) is 3.28. The van der Waals surface area contributed by atoms with E-state index in [4.69, 9.17) is 9.47 Å². The fourth-order valence-corrected chi connectivity index (χ4v) is 3.93. The largest absolute Gasteiger partial charge is 0.493 e. The van der Waals surface area contributed by atoms with Gasteiger partial charge in [0.1, 0.15) is 11.6 Å². The fourth-order valence-electron chi connectivity index (χ4n) is 3.93. The third-order valence-corrected chi connectivity index (χ3v) is 5.18. The van der Waals surface area contributed by atoms with Gasteiger partial charge in [-0.05, 0) is 43.7 Å². The van der Waals surface area contributed by atoms with E-state index in [0.717, 1.165) is 43.1 Å². The van der Waals surface area contributed by atoms with Crippen molar-refractivity contribution in [3.05, 3.63) is 42.1 Å². The standard InChI is InChI=1S/C21H24N6O2/c1-13-11-27(12-14(2)29-13)21-22-7-5-19(24-21)23-20-10-17(25-26-20)15-3-4-18-16(9-15)6-8-28-18/h3-5,7,9-10,13-14H,6,8,11-12H2,1-2H3,(H2,22,23,24,25,26)/t13-,14+. The summed E-state index contributed by atoms with van der Waals surface area (Å²) in [6.07, 6.45) is 3.03.